The van der Waals surface area contributed by atoms with Gasteiger partial charge in [0.2, 0.25) is 5.91 Å². The summed E-state index contributed by atoms with van der Waals surface area (Å²) in [7, 11) is 1.94. The predicted octanol–water partition coefficient (Wildman–Crippen LogP) is 2.71. The van der Waals surface area contributed by atoms with E-state index in [2.05, 4.69) is 6.07 Å². The van der Waals surface area contributed by atoms with E-state index in [-0.39, 0.29) is 11.8 Å². The summed E-state index contributed by atoms with van der Waals surface area (Å²) >= 11 is 1.70. The second-order valence-electron chi connectivity index (χ2n) is 7.18. The Morgan fingerprint density at radius 1 is 1.22 bits per heavy atom. The average molecular weight is 332 g/mol. The van der Waals surface area contributed by atoms with Crippen molar-refractivity contribution in [3.8, 4) is 0 Å². The smallest absolute Gasteiger partial charge is 0.263 e. The van der Waals surface area contributed by atoms with Crippen LogP contribution in [0.5, 0.6) is 0 Å². The summed E-state index contributed by atoms with van der Waals surface area (Å²) in [6, 6.07) is 2.45. The molecule has 2 amide bonds. The highest BCUT2D eigenvalue weighted by atomic mass is 32.1. The molecular weight excluding hydrogens is 308 g/mol. The number of likely N-dealkylation sites (tertiary alicyclic amines) is 2. The molecule has 0 unspecified atom stereocenters. The van der Waals surface area contributed by atoms with E-state index in [9.17, 15) is 9.59 Å². The SMILES string of the molecule is CN1C(=O)CCC[C@H]2CN(C(=O)c3cc4c(s3)CCC4)CC[C@H]21. The summed E-state index contributed by atoms with van der Waals surface area (Å²) < 4.78 is 0. The van der Waals surface area contributed by atoms with Crippen molar-refractivity contribution >= 4 is 23.2 Å². The lowest BCUT2D eigenvalue weighted by molar-refractivity contribution is -0.132. The number of amides is 2. The van der Waals surface area contributed by atoms with Gasteiger partial charge in [-0.2, -0.15) is 0 Å². The van der Waals surface area contributed by atoms with Gasteiger partial charge in [-0.25, -0.2) is 0 Å². The van der Waals surface area contributed by atoms with Gasteiger partial charge in [0.05, 0.1) is 4.88 Å². The molecule has 2 saturated heterocycles. The summed E-state index contributed by atoms with van der Waals surface area (Å²) in [6.45, 7) is 1.59. The molecule has 4 nitrogen and oxygen atoms in total. The molecule has 5 heteroatoms. The van der Waals surface area contributed by atoms with E-state index in [0.29, 0.717) is 18.4 Å². The number of carbonyl (C=O) groups excluding carboxylic acids is 2. The van der Waals surface area contributed by atoms with Crippen molar-refractivity contribution in [3.05, 3.63) is 21.4 Å². The Morgan fingerprint density at radius 2 is 2.09 bits per heavy atom. The Hall–Kier alpha value is -1.36. The first kappa shape index (κ1) is 15.2. The second-order valence-corrected chi connectivity index (χ2v) is 8.31. The van der Waals surface area contributed by atoms with Gasteiger partial charge in [0.1, 0.15) is 0 Å². The van der Waals surface area contributed by atoms with Crippen molar-refractivity contribution in [1.82, 2.24) is 9.80 Å². The minimum absolute atomic E-state index is 0.209. The van der Waals surface area contributed by atoms with Gasteiger partial charge in [-0.3, -0.25) is 9.59 Å². The Bertz CT molecular complexity index is 617. The molecule has 0 aromatic carbocycles. The zero-order chi connectivity index (χ0) is 16.0. The van der Waals surface area contributed by atoms with Gasteiger partial charge >= 0.3 is 0 Å². The first-order valence-corrected chi connectivity index (χ1v) is 9.61. The Labute approximate surface area is 141 Å². The lowest BCUT2D eigenvalue weighted by Gasteiger charge is -2.41. The number of rotatable bonds is 1. The average Bonchev–Trinajstić information content (AvgIpc) is 3.11. The number of fused-ring (bicyclic) bond motifs is 2. The Balaban J connectivity index is 1.48. The highest BCUT2D eigenvalue weighted by molar-refractivity contribution is 7.14. The summed E-state index contributed by atoms with van der Waals surface area (Å²) in [5, 5.41) is 0. The van der Waals surface area contributed by atoms with Crippen LogP contribution in [0.1, 0.15) is 52.2 Å². The molecule has 0 radical (unpaired) electrons. The van der Waals surface area contributed by atoms with E-state index in [1.54, 1.807) is 11.3 Å². The minimum Gasteiger partial charge on any atom is -0.342 e. The molecule has 1 aromatic heterocycles. The zero-order valence-corrected chi connectivity index (χ0v) is 14.5. The number of hydrogen-bond donors (Lipinski definition) is 0. The van der Waals surface area contributed by atoms with Crippen LogP contribution in [0.2, 0.25) is 0 Å². The molecule has 3 aliphatic rings. The molecule has 2 fully saturated rings. The summed E-state index contributed by atoms with van der Waals surface area (Å²) in [6.07, 6.45) is 7.12. The van der Waals surface area contributed by atoms with Crippen LogP contribution in [-0.2, 0) is 17.6 Å². The van der Waals surface area contributed by atoms with Crippen LogP contribution in [-0.4, -0.2) is 47.8 Å². The fraction of sp³-hybridized carbons (Fsp3) is 0.667. The van der Waals surface area contributed by atoms with Crippen molar-refractivity contribution in [2.24, 2.45) is 5.92 Å². The van der Waals surface area contributed by atoms with Crippen molar-refractivity contribution in [1.29, 1.82) is 0 Å². The van der Waals surface area contributed by atoms with Gasteiger partial charge in [-0.05, 0) is 56.1 Å². The van der Waals surface area contributed by atoms with Crippen LogP contribution in [0.3, 0.4) is 0 Å². The maximum absolute atomic E-state index is 12.9. The summed E-state index contributed by atoms with van der Waals surface area (Å²) in [5.41, 5.74) is 1.40. The summed E-state index contributed by atoms with van der Waals surface area (Å²) in [4.78, 5) is 31.2. The fourth-order valence-corrected chi connectivity index (χ4v) is 5.69. The molecule has 4 rings (SSSR count). The Morgan fingerprint density at radius 3 is 2.91 bits per heavy atom. The lowest BCUT2D eigenvalue weighted by Crippen LogP contribution is -2.51. The van der Waals surface area contributed by atoms with Gasteiger partial charge in [0.25, 0.3) is 5.91 Å². The van der Waals surface area contributed by atoms with Crippen molar-refractivity contribution < 1.29 is 9.59 Å². The molecule has 2 aliphatic heterocycles. The maximum atomic E-state index is 12.9. The second kappa shape index (κ2) is 5.93. The molecule has 0 N–H and O–H groups in total. The highest BCUT2D eigenvalue weighted by Gasteiger charge is 2.37. The van der Waals surface area contributed by atoms with Crippen LogP contribution in [0, 0.1) is 5.92 Å². The normalized spacial score (nSPS) is 27.6. The fourth-order valence-electron chi connectivity index (χ4n) is 4.46. The van der Waals surface area contributed by atoms with E-state index < -0.39 is 0 Å². The molecule has 0 saturated carbocycles. The van der Waals surface area contributed by atoms with Gasteiger partial charge in [-0.1, -0.05) is 0 Å². The standard InChI is InChI=1S/C18H24N2O2S/c1-19-14-8-9-20(11-13(14)5-3-7-17(19)21)18(22)16-10-12-4-2-6-15(12)23-16/h10,13-14H,2-9,11H2,1H3/t13-,14+/m0/s1. The van der Waals surface area contributed by atoms with Gasteiger partial charge in [0, 0.05) is 37.5 Å². The maximum Gasteiger partial charge on any atom is 0.263 e. The van der Waals surface area contributed by atoms with Crippen LogP contribution >= 0.6 is 11.3 Å². The zero-order valence-electron chi connectivity index (χ0n) is 13.7. The highest BCUT2D eigenvalue weighted by Crippen LogP contribution is 2.34. The molecular formula is C18H24N2O2S. The molecule has 2 atom stereocenters. The van der Waals surface area contributed by atoms with Gasteiger partial charge in [-0.15, -0.1) is 11.3 Å². The van der Waals surface area contributed by atoms with E-state index in [0.717, 1.165) is 50.1 Å². The topological polar surface area (TPSA) is 40.6 Å². The molecule has 0 bridgehead atoms. The van der Waals surface area contributed by atoms with E-state index in [1.165, 1.54) is 16.9 Å². The molecule has 3 heterocycles. The lowest BCUT2D eigenvalue weighted by atomic mass is 9.88. The number of thiophene rings is 1. The molecule has 0 spiro atoms. The van der Waals surface area contributed by atoms with Crippen molar-refractivity contribution in [2.75, 3.05) is 20.1 Å². The monoisotopic (exact) mass is 332 g/mol. The van der Waals surface area contributed by atoms with Crippen LogP contribution in [0.25, 0.3) is 0 Å². The summed E-state index contributed by atoms with van der Waals surface area (Å²) in [5.74, 6) is 0.920. The number of nitrogens with zero attached hydrogens (tertiary/aromatic N) is 2. The first-order valence-electron chi connectivity index (χ1n) is 8.80. The number of piperidine rings is 1. The number of aryl methyl sites for hydroxylation is 2. The van der Waals surface area contributed by atoms with E-state index in [1.807, 2.05) is 16.8 Å². The van der Waals surface area contributed by atoms with Crippen molar-refractivity contribution in [3.63, 3.8) is 0 Å². The quantitative estimate of drug-likeness (QED) is 0.793. The molecule has 124 valence electrons. The minimum atomic E-state index is 0.209. The first-order chi connectivity index (χ1) is 11.1. The third-order valence-corrected chi connectivity index (χ3v) is 7.02. The van der Waals surface area contributed by atoms with Crippen molar-refractivity contribution in [2.45, 2.75) is 51.0 Å². The Kier molecular flexibility index (Phi) is 3.92. The number of hydrogen-bond acceptors (Lipinski definition) is 3. The van der Waals surface area contributed by atoms with Gasteiger partial charge in [0.15, 0.2) is 0 Å². The molecule has 1 aromatic rings. The molecule has 1 aliphatic carbocycles. The van der Waals surface area contributed by atoms with E-state index >= 15 is 0 Å². The van der Waals surface area contributed by atoms with Crippen LogP contribution in [0.4, 0.5) is 0 Å². The largest absolute Gasteiger partial charge is 0.342 e. The number of carbonyl (C=O) groups is 2. The third-order valence-electron chi connectivity index (χ3n) is 5.79. The third kappa shape index (κ3) is 2.69. The van der Waals surface area contributed by atoms with Crippen LogP contribution < -0.4 is 0 Å². The van der Waals surface area contributed by atoms with E-state index in [4.69, 9.17) is 0 Å². The molecule has 23 heavy (non-hydrogen) atoms. The van der Waals surface area contributed by atoms with Crippen LogP contribution in [0.15, 0.2) is 6.07 Å². The predicted molar refractivity (Wildman–Crippen MR) is 90.8 cm³/mol. The van der Waals surface area contributed by atoms with Gasteiger partial charge < -0.3 is 9.80 Å².